The molecule has 2 aromatic heterocycles. The number of nitrogen functional groups attached to an aromatic ring is 1. The Balaban J connectivity index is 0.000000317. The zero-order valence-corrected chi connectivity index (χ0v) is 31.8. The van der Waals surface area contributed by atoms with Crippen LogP contribution < -0.4 is 10.5 Å². The minimum atomic E-state index is -1.26. The fraction of sp³-hybridized carbons (Fsp3) is 0.250. The number of hydrogen-bond acceptors (Lipinski definition) is 12. The molecule has 6 rings (SSSR count). The molecule has 0 bridgehead atoms. The zero-order chi connectivity index (χ0) is 43.5. The topological polar surface area (TPSA) is 296 Å². The van der Waals surface area contributed by atoms with Gasteiger partial charge in [0.1, 0.15) is 29.3 Å². The van der Waals surface area contributed by atoms with Gasteiger partial charge >= 0.3 is 35.8 Å². The maximum atomic E-state index is 9.55. The number of aromatic nitrogens is 3. The number of piperazine rings is 1. The van der Waals surface area contributed by atoms with Crippen molar-refractivity contribution >= 4 is 52.7 Å². The molecule has 19 heteroatoms. The first kappa shape index (κ1) is 46.0. The van der Waals surface area contributed by atoms with E-state index in [9.17, 15) is 28.8 Å². The third kappa shape index (κ3) is 15.9. The van der Waals surface area contributed by atoms with Crippen molar-refractivity contribution in [2.75, 3.05) is 39.0 Å². The van der Waals surface area contributed by atoms with E-state index in [1.807, 2.05) is 42.5 Å². The van der Waals surface area contributed by atoms with E-state index >= 15 is 0 Å². The summed E-state index contributed by atoms with van der Waals surface area (Å²) in [6, 6.07) is 19.1. The Hall–Kier alpha value is -7.38. The predicted molar refractivity (Wildman–Crippen MR) is 213 cm³/mol. The van der Waals surface area contributed by atoms with E-state index in [1.165, 1.54) is 6.42 Å². The highest BCUT2D eigenvalue weighted by Crippen LogP contribution is 2.40. The summed E-state index contributed by atoms with van der Waals surface area (Å²) in [5.74, 6) is -5.38. The minimum Gasteiger partial charge on any atom is -0.478 e. The number of nitrogens with two attached hydrogens (primary N) is 1. The molecule has 1 aliphatic carbocycles. The van der Waals surface area contributed by atoms with Gasteiger partial charge in [-0.25, -0.2) is 38.7 Å². The lowest BCUT2D eigenvalue weighted by Crippen LogP contribution is -2.48. The summed E-state index contributed by atoms with van der Waals surface area (Å²) in [5.41, 5.74) is 9.49. The molecule has 2 aliphatic rings. The maximum Gasteiger partial charge on any atom is 0.328 e. The van der Waals surface area contributed by atoms with Crippen molar-refractivity contribution in [3.05, 3.63) is 104 Å². The molecule has 2 fully saturated rings. The van der Waals surface area contributed by atoms with Gasteiger partial charge in [0.25, 0.3) is 0 Å². The van der Waals surface area contributed by atoms with Gasteiger partial charge in [0.2, 0.25) is 0 Å². The van der Waals surface area contributed by atoms with Crippen molar-refractivity contribution in [3.63, 3.8) is 0 Å². The Morgan fingerprint density at radius 1 is 0.644 bits per heavy atom. The molecule has 0 radical (unpaired) electrons. The predicted octanol–water partition coefficient (Wildman–Crippen LogP) is 3.95. The van der Waals surface area contributed by atoms with Crippen LogP contribution >= 0.6 is 0 Å². The van der Waals surface area contributed by atoms with Gasteiger partial charge in [-0.2, -0.15) is 0 Å². The van der Waals surface area contributed by atoms with Gasteiger partial charge in [-0.3, -0.25) is 4.90 Å². The van der Waals surface area contributed by atoms with Crippen molar-refractivity contribution in [1.29, 1.82) is 0 Å². The standard InChI is InChI=1S/C28H32N6O.3C4H4O4/c1-32-13-15-33(16-14-32)21-9-10-22(17-21)34-18-25(26-27(29)30-19-31-28(26)34)20-7-11-24(12-8-20)35-23-5-3-2-4-6-23;3*5-3(6)1-2-4(7)8/h2-8,11-12,18-19,21-22H,9-10,13-17H2,1H3,(H2,29,30,31);3*1-2H,(H,5,6)(H,7,8)/b;3*2-1-. The number of nitrogens with zero attached hydrogens (tertiary/aromatic N) is 5. The van der Waals surface area contributed by atoms with Crippen LogP contribution in [0.15, 0.2) is 104 Å². The summed E-state index contributed by atoms with van der Waals surface area (Å²) < 4.78 is 8.34. The Labute approximate surface area is 337 Å². The van der Waals surface area contributed by atoms with Crippen LogP contribution in [0.5, 0.6) is 11.5 Å². The molecule has 2 atom stereocenters. The van der Waals surface area contributed by atoms with Gasteiger partial charge in [0.05, 0.1) is 5.39 Å². The maximum absolute atomic E-state index is 9.55. The van der Waals surface area contributed by atoms with Crippen LogP contribution in [0.4, 0.5) is 5.82 Å². The lowest BCUT2D eigenvalue weighted by atomic mass is 10.1. The van der Waals surface area contributed by atoms with Gasteiger partial charge in [-0.1, -0.05) is 30.3 Å². The number of carboxylic acid groups (broad SMARTS) is 6. The first-order chi connectivity index (χ1) is 28.0. The largest absolute Gasteiger partial charge is 0.478 e. The summed E-state index contributed by atoms with van der Waals surface area (Å²) in [6.07, 6.45) is 10.7. The molecule has 1 saturated heterocycles. The number of carbonyl (C=O) groups is 6. The van der Waals surface area contributed by atoms with Gasteiger partial charge in [0, 0.05) is 86.5 Å². The molecule has 19 nitrogen and oxygen atoms in total. The zero-order valence-electron chi connectivity index (χ0n) is 31.8. The van der Waals surface area contributed by atoms with Crippen molar-refractivity contribution in [1.82, 2.24) is 24.3 Å². The van der Waals surface area contributed by atoms with Gasteiger partial charge in [0.15, 0.2) is 0 Å². The third-order valence-electron chi connectivity index (χ3n) is 8.71. The molecule has 2 aromatic carbocycles. The first-order valence-corrected chi connectivity index (χ1v) is 17.8. The highest BCUT2D eigenvalue weighted by molar-refractivity contribution is 6.00. The molecule has 3 heterocycles. The molecular weight excluding hydrogens is 772 g/mol. The van der Waals surface area contributed by atoms with Crippen LogP contribution in [0.3, 0.4) is 0 Å². The molecule has 59 heavy (non-hydrogen) atoms. The van der Waals surface area contributed by atoms with E-state index in [4.69, 9.17) is 41.1 Å². The molecule has 4 aromatic rings. The Bertz CT molecular complexity index is 2030. The van der Waals surface area contributed by atoms with Crippen LogP contribution in [0.1, 0.15) is 25.3 Å². The number of rotatable bonds is 11. The SMILES string of the molecule is CN1CCN(C2CCC(n3cc(-c4ccc(Oc5ccccc5)cc4)c4c(N)ncnc43)C2)CC1.O=C(O)/C=C\C(=O)O.O=C(O)/C=C\C(=O)O.O=C(O)/C=C\C(=O)O. The number of para-hydroxylation sites is 1. The number of benzene rings is 2. The van der Waals surface area contributed by atoms with E-state index in [0.717, 1.165) is 72.7 Å². The van der Waals surface area contributed by atoms with Crippen LogP contribution in [0, 0.1) is 0 Å². The van der Waals surface area contributed by atoms with Crippen LogP contribution in [0.25, 0.3) is 22.2 Å². The second-order valence-corrected chi connectivity index (χ2v) is 12.8. The Morgan fingerprint density at radius 3 is 1.58 bits per heavy atom. The van der Waals surface area contributed by atoms with Crippen LogP contribution in [-0.2, 0) is 28.8 Å². The molecule has 0 amide bonds. The van der Waals surface area contributed by atoms with E-state index in [2.05, 4.69) is 49.7 Å². The summed E-state index contributed by atoms with van der Waals surface area (Å²) in [7, 11) is 2.21. The summed E-state index contributed by atoms with van der Waals surface area (Å²) in [5, 5.41) is 47.8. The second kappa shape index (κ2) is 23.0. The molecule has 0 spiro atoms. The highest BCUT2D eigenvalue weighted by atomic mass is 16.5. The number of aliphatic carboxylic acids is 6. The Morgan fingerprint density at radius 2 is 1.10 bits per heavy atom. The van der Waals surface area contributed by atoms with Gasteiger partial charge < -0.3 is 50.6 Å². The number of ether oxygens (including phenoxy) is 1. The molecular formula is C40H44N6O13. The molecule has 2 unspecified atom stereocenters. The summed E-state index contributed by atoms with van der Waals surface area (Å²) in [4.78, 5) is 71.4. The smallest absolute Gasteiger partial charge is 0.328 e. The number of fused-ring (bicyclic) bond motifs is 1. The van der Waals surface area contributed by atoms with E-state index in [0.29, 0.717) is 54.4 Å². The first-order valence-electron chi connectivity index (χ1n) is 17.8. The summed E-state index contributed by atoms with van der Waals surface area (Å²) in [6.45, 7) is 4.65. The van der Waals surface area contributed by atoms with E-state index < -0.39 is 35.8 Å². The second-order valence-electron chi connectivity index (χ2n) is 12.8. The third-order valence-corrected chi connectivity index (χ3v) is 8.71. The van der Waals surface area contributed by atoms with Crippen LogP contribution in [-0.4, -0.2) is 130 Å². The van der Waals surface area contributed by atoms with Crippen molar-refractivity contribution in [3.8, 4) is 22.6 Å². The number of carboxylic acids is 6. The fourth-order valence-electron chi connectivity index (χ4n) is 6.07. The highest BCUT2D eigenvalue weighted by Gasteiger charge is 2.33. The monoisotopic (exact) mass is 816 g/mol. The molecule has 312 valence electrons. The lowest BCUT2D eigenvalue weighted by molar-refractivity contribution is -0.134. The number of anilines is 1. The number of hydrogen-bond donors (Lipinski definition) is 7. The van der Waals surface area contributed by atoms with Gasteiger partial charge in [-0.15, -0.1) is 0 Å². The average molecular weight is 817 g/mol. The molecule has 1 aliphatic heterocycles. The molecule has 1 saturated carbocycles. The van der Waals surface area contributed by atoms with Crippen LogP contribution in [0.2, 0.25) is 0 Å². The normalized spacial score (nSPS) is 16.6. The summed E-state index contributed by atoms with van der Waals surface area (Å²) >= 11 is 0. The van der Waals surface area contributed by atoms with Crippen molar-refractivity contribution in [2.24, 2.45) is 0 Å². The Kier molecular flexibility index (Phi) is 17.9. The molecule has 8 N–H and O–H groups in total. The lowest BCUT2D eigenvalue weighted by Gasteiger charge is -2.36. The van der Waals surface area contributed by atoms with E-state index in [1.54, 1.807) is 6.33 Å². The van der Waals surface area contributed by atoms with Crippen molar-refractivity contribution in [2.45, 2.75) is 31.3 Å². The average Bonchev–Trinajstić information content (AvgIpc) is 3.84. The fourth-order valence-corrected chi connectivity index (χ4v) is 6.07. The van der Waals surface area contributed by atoms with E-state index in [-0.39, 0.29) is 0 Å². The van der Waals surface area contributed by atoms with Crippen molar-refractivity contribution < 1.29 is 64.1 Å². The minimum absolute atomic E-state index is 0.422. The van der Waals surface area contributed by atoms with Gasteiger partial charge in [-0.05, 0) is 56.1 Å². The quantitative estimate of drug-likeness (QED) is 0.105. The number of likely N-dealkylation sites (N-methyl/N-ethyl adjacent to an activating group) is 1.